The van der Waals surface area contributed by atoms with Crippen LogP contribution in [0, 0.1) is 5.92 Å². The Hall–Kier alpha value is -2.35. The lowest BCUT2D eigenvalue weighted by atomic mass is 9.93. The van der Waals surface area contributed by atoms with Gasteiger partial charge in [0.25, 0.3) is 5.91 Å². The van der Waals surface area contributed by atoms with Crippen LogP contribution in [0.15, 0.2) is 53.7 Å². The standard InChI is InChI=1S/C26H32N4O2S/c31-25(30-13-10-20(11-14-30)9-12-29-15-17-32-18-16-29)22-7-5-21(6-8-22)19-33-26-27-23-3-1-2-4-24(23)28-26/h1-8,20H,9-19H2,(H,27,28). The second kappa shape index (κ2) is 10.7. The van der Waals surface area contributed by atoms with Crippen LogP contribution in [0.3, 0.4) is 0 Å². The Kier molecular flexibility index (Phi) is 7.29. The lowest BCUT2D eigenvalue weighted by Gasteiger charge is -2.34. The number of morpholine rings is 1. The predicted molar refractivity (Wildman–Crippen MR) is 133 cm³/mol. The molecule has 2 aliphatic heterocycles. The van der Waals surface area contributed by atoms with Gasteiger partial charge >= 0.3 is 0 Å². The third-order valence-electron chi connectivity index (χ3n) is 6.80. The molecule has 7 heteroatoms. The number of para-hydroxylation sites is 2. The van der Waals surface area contributed by atoms with Crippen LogP contribution < -0.4 is 0 Å². The van der Waals surface area contributed by atoms with Crippen molar-refractivity contribution in [3.63, 3.8) is 0 Å². The van der Waals surface area contributed by atoms with E-state index < -0.39 is 0 Å². The van der Waals surface area contributed by atoms with Crippen molar-refractivity contribution in [2.24, 2.45) is 5.92 Å². The predicted octanol–water partition coefficient (Wildman–Crippen LogP) is 4.43. The number of likely N-dealkylation sites (tertiary alicyclic amines) is 1. The van der Waals surface area contributed by atoms with Crippen LogP contribution >= 0.6 is 11.8 Å². The highest BCUT2D eigenvalue weighted by atomic mass is 32.2. The average Bonchev–Trinajstić information content (AvgIpc) is 3.30. The van der Waals surface area contributed by atoms with Crippen LogP contribution in [0.25, 0.3) is 11.0 Å². The number of rotatable bonds is 7. The quantitative estimate of drug-likeness (QED) is 0.524. The average molecular weight is 465 g/mol. The first-order valence-electron chi connectivity index (χ1n) is 12.0. The van der Waals surface area contributed by atoms with Crippen molar-refractivity contribution >= 4 is 28.7 Å². The fraction of sp³-hybridized carbons (Fsp3) is 0.462. The largest absolute Gasteiger partial charge is 0.379 e. The summed E-state index contributed by atoms with van der Waals surface area (Å²) in [6, 6.07) is 16.2. The lowest BCUT2D eigenvalue weighted by Crippen LogP contribution is -2.40. The Morgan fingerprint density at radius 1 is 1.03 bits per heavy atom. The molecule has 33 heavy (non-hydrogen) atoms. The topological polar surface area (TPSA) is 61.5 Å². The number of carbonyl (C=O) groups is 1. The molecule has 6 nitrogen and oxygen atoms in total. The maximum Gasteiger partial charge on any atom is 0.253 e. The second-order valence-corrected chi connectivity index (χ2v) is 9.99. The number of nitrogens with zero attached hydrogens (tertiary/aromatic N) is 3. The monoisotopic (exact) mass is 464 g/mol. The van der Waals surface area contributed by atoms with Gasteiger partial charge in [0.1, 0.15) is 0 Å². The molecule has 2 saturated heterocycles. The van der Waals surface area contributed by atoms with Gasteiger partial charge < -0.3 is 14.6 Å². The SMILES string of the molecule is O=C(c1ccc(CSc2nc3ccccc3[nH]2)cc1)N1CCC(CCN2CCOCC2)CC1. The number of imidazole rings is 1. The number of amides is 1. The summed E-state index contributed by atoms with van der Waals surface area (Å²) in [5.41, 5.74) is 4.04. The molecule has 3 heterocycles. The Morgan fingerprint density at radius 2 is 1.79 bits per heavy atom. The summed E-state index contributed by atoms with van der Waals surface area (Å²) in [5, 5.41) is 0.924. The maximum atomic E-state index is 13.0. The van der Waals surface area contributed by atoms with Crippen molar-refractivity contribution in [3.8, 4) is 0 Å². The van der Waals surface area contributed by atoms with Crippen LogP contribution in [0.5, 0.6) is 0 Å². The van der Waals surface area contributed by atoms with Crippen LogP contribution in [0.2, 0.25) is 0 Å². The molecule has 5 rings (SSSR count). The van der Waals surface area contributed by atoms with Crippen molar-refractivity contribution in [2.75, 3.05) is 45.9 Å². The third kappa shape index (κ3) is 5.78. The smallest absolute Gasteiger partial charge is 0.253 e. The third-order valence-corrected chi connectivity index (χ3v) is 7.75. The minimum atomic E-state index is 0.165. The van der Waals surface area contributed by atoms with Crippen molar-refractivity contribution in [2.45, 2.75) is 30.2 Å². The molecule has 0 radical (unpaired) electrons. The highest BCUT2D eigenvalue weighted by Crippen LogP contribution is 2.25. The summed E-state index contributed by atoms with van der Waals surface area (Å²) in [6.45, 7) is 6.75. The van der Waals surface area contributed by atoms with Gasteiger partial charge in [0.15, 0.2) is 5.16 Å². The summed E-state index contributed by atoms with van der Waals surface area (Å²) in [7, 11) is 0. The van der Waals surface area contributed by atoms with Crippen LogP contribution in [-0.2, 0) is 10.5 Å². The molecule has 0 saturated carbocycles. The van der Waals surface area contributed by atoms with Gasteiger partial charge in [-0.2, -0.15) is 0 Å². The van der Waals surface area contributed by atoms with Crippen molar-refractivity contribution in [3.05, 3.63) is 59.7 Å². The number of thioether (sulfide) groups is 1. The number of aromatic amines is 1. The molecule has 2 fully saturated rings. The number of aromatic nitrogens is 2. The molecule has 2 aromatic carbocycles. The van der Waals surface area contributed by atoms with Gasteiger partial charge in [-0.05, 0) is 61.6 Å². The molecule has 0 spiro atoms. The van der Waals surface area contributed by atoms with Gasteiger partial charge in [0.05, 0.1) is 24.2 Å². The Labute approximate surface area is 199 Å². The minimum absolute atomic E-state index is 0.165. The van der Waals surface area contributed by atoms with Gasteiger partial charge in [0.2, 0.25) is 0 Å². The number of benzene rings is 2. The van der Waals surface area contributed by atoms with Gasteiger partial charge in [-0.1, -0.05) is 36.0 Å². The zero-order valence-corrected chi connectivity index (χ0v) is 19.9. The number of hydrogen-bond acceptors (Lipinski definition) is 5. The summed E-state index contributed by atoms with van der Waals surface area (Å²) < 4.78 is 5.44. The van der Waals surface area contributed by atoms with Gasteiger partial charge in [-0.25, -0.2) is 4.98 Å². The Bertz CT molecular complexity index is 1020. The number of ether oxygens (including phenoxy) is 1. The number of nitrogens with one attached hydrogen (secondary N) is 1. The zero-order chi connectivity index (χ0) is 22.5. The maximum absolute atomic E-state index is 13.0. The molecule has 1 amide bonds. The van der Waals surface area contributed by atoms with Crippen LogP contribution in [-0.4, -0.2) is 71.6 Å². The summed E-state index contributed by atoms with van der Waals surface area (Å²) >= 11 is 1.68. The Balaban J connectivity index is 1.08. The first-order chi connectivity index (χ1) is 16.2. The summed E-state index contributed by atoms with van der Waals surface area (Å²) in [4.78, 5) is 25.5. The van der Waals surface area contributed by atoms with E-state index in [9.17, 15) is 4.79 Å². The van der Waals surface area contributed by atoms with Gasteiger partial charge in [0, 0.05) is 37.5 Å². The molecule has 1 N–H and O–H groups in total. The minimum Gasteiger partial charge on any atom is -0.379 e. The highest BCUT2D eigenvalue weighted by Gasteiger charge is 2.24. The molecule has 174 valence electrons. The van der Waals surface area contributed by atoms with Gasteiger partial charge in [-0.3, -0.25) is 9.69 Å². The van der Waals surface area contributed by atoms with Crippen molar-refractivity contribution in [1.82, 2.24) is 19.8 Å². The lowest BCUT2D eigenvalue weighted by molar-refractivity contribution is 0.0332. The van der Waals surface area contributed by atoms with E-state index >= 15 is 0 Å². The van der Waals surface area contributed by atoms with Crippen LogP contribution in [0.1, 0.15) is 35.2 Å². The Morgan fingerprint density at radius 3 is 2.55 bits per heavy atom. The van der Waals surface area contributed by atoms with Crippen molar-refractivity contribution in [1.29, 1.82) is 0 Å². The van der Waals surface area contributed by atoms with E-state index in [1.54, 1.807) is 11.8 Å². The van der Waals surface area contributed by atoms with Gasteiger partial charge in [-0.15, -0.1) is 0 Å². The number of piperidine rings is 1. The fourth-order valence-corrected chi connectivity index (χ4v) is 5.53. The molecular weight excluding hydrogens is 432 g/mol. The molecule has 3 aromatic rings. The van der Waals surface area contributed by atoms with E-state index in [-0.39, 0.29) is 5.91 Å². The zero-order valence-electron chi connectivity index (χ0n) is 19.0. The fourth-order valence-electron chi connectivity index (χ4n) is 4.69. The summed E-state index contributed by atoms with van der Waals surface area (Å²) in [5.74, 6) is 1.72. The molecule has 0 unspecified atom stereocenters. The first-order valence-corrected chi connectivity index (χ1v) is 13.0. The van der Waals surface area contributed by atoms with E-state index in [0.717, 1.165) is 92.2 Å². The molecular formula is C26H32N4O2S. The van der Waals surface area contributed by atoms with E-state index in [4.69, 9.17) is 4.74 Å². The molecule has 0 aliphatic carbocycles. The molecule has 0 atom stereocenters. The highest BCUT2D eigenvalue weighted by molar-refractivity contribution is 7.98. The molecule has 2 aliphatic rings. The second-order valence-electron chi connectivity index (χ2n) is 9.02. The van der Waals surface area contributed by atoms with E-state index in [2.05, 4.69) is 27.0 Å². The number of hydrogen-bond donors (Lipinski definition) is 1. The normalized spacial score (nSPS) is 18.1. The number of H-pyrrole nitrogens is 1. The van der Waals surface area contributed by atoms with E-state index in [1.165, 1.54) is 12.0 Å². The van der Waals surface area contributed by atoms with Crippen molar-refractivity contribution < 1.29 is 9.53 Å². The molecule has 0 bridgehead atoms. The van der Waals surface area contributed by atoms with Crippen LogP contribution in [0.4, 0.5) is 0 Å². The van der Waals surface area contributed by atoms with E-state index in [1.807, 2.05) is 41.3 Å². The van der Waals surface area contributed by atoms with E-state index in [0.29, 0.717) is 0 Å². The molecule has 1 aromatic heterocycles. The number of fused-ring (bicyclic) bond motifs is 1. The number of carbonyl (C=O) groups excluding carboxylic acids is 1. The first kappa shape index (κ1) is 22.4. The summed E-state index contributed by atoms with van der Waals surface area (Å²) in [6.07, 6.45) is 3.46.